The van der Waals surface area contributed by atoms with Crippen LogP contribution in [0.1, 0.15) is 12.5 Å². The molecule has 5 rings (SSSR count). The van der Waals surface area contributed by atoms with Gasteiger partial charge in [-0.25, -0.2) is 0 Å². The Bertz CT molecular complexity index is 1450. The maximum Gasteiger partial charge on any atom is 0.116 e. The Morgan fingerprint density at radius 3 is 2.65 bits per heavy atom. The Morgan fingerprint density at radius 2 is 1.84 bits per heavy atom. The number of aromatic nitrogens is 5. The van der Waals surface area contributed by atoms with Crippen molar-refractivity contribution in [1.82, 2.24) is 25.1 Å². The Labute approximate surface area is 179 Å². The molecular formula is C26H21N5. The van der Waals surface area contributed by atoms with Gasteiger partial charge in [0.1, 0.15) is 5.69 Å². The van der Waals surface area contributed by atoms with E-state index in [0.717, 1.165) is 55.5 Å². The summed E-state index contributed by atoms with van der Waals surface area (Å²) in [5.74, 6) is 0. The molecule has 0 atom stereocenters. The molecule has 5 nitrogen and oxygen atoms in total. The number of H-pyrrole nitrogens is 2. The molecule has 2 N–H and O–H groups in total. The van der Waals surface area contributed by atoms with E-state index in [1.807, 2.05) is 37.5 Å². The van der Waals surface area contributed by atoms with Gasteiger partial charge >= 0.3 is 0 Å². The second-order valence-electron chi connectivity index (χ2n) is 7.24. The van der Waals surface area contributed by atoms with Crippen molar-refractivity contribution in [3.8, 4) is 22.5 Å². The lowest BCUT2D eigenvalue weighted by Crippen LogP contribution is -1.82. The maximum absolute atomic E-state index is 4.61. The summed E-state index contributed by atoms with van der Waals surface area (Å²) in [4.78, 5) is 12.0. The molecule has 0 saturated heterocycles. The van der Waals surface area contributed by atoms with Gasteiger partial charge in [0.2, 0.25) is 0 Å². The molecule has 5 aromatic rings. The zero-order valence-corrected chi connectivity index (χ0v) is 17.1. The van der Waals surface area contributed by atoms with Crippen LogP contribution in [0.25, 0.3) is 49.9 Å². The topological polar surface area (TPSA) is 70.2 Å². The van der Waals surface area contributed by atoms with Gasteiger partial charge in [-0.05, 0) is 54.0 Å². The highest BCUT2D eigenvalue weighted by Crippen LogP contribution is 2.34. The number of allylic oxidation sites excluding steroid dienone is 5. The smallest absolute Gasteiger partial charge is 0.116 e. The molecule has 0 saturated carbocycles. The fourth-order valence-electron chi connectivity index (χ4n) is 3.87. The largest absolute Gasteiger partial charge is 0.352 e. The Balaban J connectivity index is 1.65. The summed E-state index contributed by atoms with van der Waals surface area (Å²) in [6.07, 6.45) is 15.2. The normalized spacial score (nSPS) is 12.2. The van der Waals surface area contributed by atoms with Gasteiger partial charge in [-0.3, -0.25) is 15.1 Å². The first-order valence-electron chi connectivity index (χ1n) is 10.1. The highest BCUT2D eigenvalue weighted by atomic mass is 15.1. The summed E-state index contributed by atoms with van der Waals surface area (Å²) >= 11 is 0. The average Bonchev–Trinajstić information content (AvgIpc) is 3.43. The molecule has 0 unspecified atom stereocenters. The number of rotatable bonds is 5. The average molecular weight is 403 g/mol. The van der Waals surface area contributed by atoms with Gasteiger partial charge in [0, 0.05) is 34.9 Å². The van der Waals surface area contributed by atoms with Gasteiger partial charge in [0.05, 0.1) is 22.9 Å². The number of nitrogens with one attached hydrogen (secondary N) is 2. The highest BCUT2D eigenvalue weighted by molar-refractivity contribution is 6.01. The summed E-state index contributed by atoms with van der Waals surface area (Å²) in [7, 11) is 0. The van der Waals surface area contributed by atoms with Crippen molar-refractivity contribution >= 4 is 27.4 Å². The van der Waals surface area contributed by atoms with Gasteiger partial charge in [-0.2, -0.15) is 5.10 Å². The number of hydrogen-bond donors (Lipinski definition) is 2. The standard InChI is InChI=1S/C26H21N5/c1-3-5-6-17(4-2)19-7-8-23-21(13-19)26(31-30-23)24-14-20-22(15-28-16-25(20)29-24)18-9-11-27-12-10-18/h3-16,29H,1H2,2H3,(H,30,31)/b6-5-,17-4+. The molecular weight excluding hydrogens is 382 g/mol. The van der Waals surface area contributed by atoms with Gasteiger partial charge in [0.15, 0.2) is 0 Å². The van der Waals surface area contributed by atoms with Gasteiger partial charge in [-0.15, -0.1) is 0 Å². The number of nitrogens with zero attached hydrogens (tertiary/aromatic N) is 3. The minimum absolute atomic E-state index is 0.886. The van der Waals surface area contributed by atoms with Crippen LogP contribution in [0.15, 0.2) is 92.1 Å². The molecule has 0 amide bonds. The van der Waals surface area contributed by atoms with Crippen LogP contribution in [0.4, 0.5) is 0 Å². The zero-order chi connectivity index (χ0) is 21.2. The molecule has 4 heterocycles. The van der Waals surface area contributed by atoms with Crippen LogP contribution in [0.2, 0.25) is 0 Å². The van der Waals surface area contributed by atoms with Crippen LogP contribution >= 0.6 is 0 Å². The zero-order valence-electron chi connectivity index (χ0n) is 17.1. The van der Waals surface area contributed by atoms with Crippen molar-refractivity contribution < 1.29 is 0 Å². The van der Waals surface area contributed by atoms with Crippen LogP contribution in [-0.4, -0.2) is 25.1 Å². The Hall–Kier alpha value is -4.25. The van der Waals surface area contributed by atoms with E-state index in [1.54, 1.807) is 18.5 Å². The van der Waals surface area contributed by atoms with Gasteiger partial charge in [-0.1, -0.05) is 36.9 Å². The van der Waals surface area contributed by atoms with Crippen molar-refractivity contribution in [2.45, 2.75) is 6.92 Å². The Morgan fingerprint density at radius 1 is 0.968 bits per heavy atom. The van der Waals surface area contributed by atoms with E-state index in [9.17, 15) is 0 Å². The number of pyridine rings is 2. The van der Waals surface area contributed by atoms with Crippen molar-refractivity contribution in [3.05, 3.63) is 97.6 Å². The van der Waals surface area contributed by atoms with Crippen LogP contribution in [-0.2, 0) is 0 Å². The molecule has 0 aliphatic heterocycles. The molecule has 0 bridgehead atoms. The quantitative estimate of drug-likeness (QED) is 0.338. The number of hydrogen-bond acceptors (Lipinski definition) is 3. The number of fused-ring (bicyclic) bond motifs is 2. The van der Waals surface area contributed by atoms with E-state index in [1.165, 1.54) is 0 Å². The van der Waals surface area contributed by atoms with E-state index >= 15 is 0 Å². The second kappa shape index (κ2) is 7.88. The Kier molecular flexibility index (Phi) is 4.77. The molecule has 0 fully saturated rings. The minimum atomic E-state index is 0.886. The molecule has 31 heavy (non-hydrogen) atoms. The summed E-state index contributed by atoms with van der Waals surface area (Å²) in [5, 5.41) is 9.94. The second-order valence-corrected chi connectivity index (χ2v) is 7.24. The third kappa shape index (κ3) is 3.36. The third-order valence-electron chi connectivity index (χ3n) is 5.41. The number of benzene rings is 1. The summed E-state index contributed by atoms with van der Waals surface area (Å²) in [6.45, 7) is 5.80. The molecule has 0 aliphatic carbocycles. The molecule has 1 aromatic carbocycles. The van der Waals surface area contributed by atoms with Crippen LogP contribution < -0.4 is 0 Å². The van der Waals surface area contributed by atoms with Crippen molar-refractivity contribution in [3.63, 3.8) is 0 Å². The molecule has 5 heteroatoms. The van der Waals surface area contributed by atoms with Crippen molar-refractivity contribution in [2.75, 3.05) is 0 Å². The summed E-state index contributed by atoms with van der Waals surface area (Å²) in [6, 6.07) is 12.5. The SMILES string of the molecule is C=C/C=C\C(=C/C)c1ccc2[nH]nc(-c3cc4c(-c5ccncc5)cncc4[nH]3)c2c1. The summed E-state index contributed by atoms with van der Waals surface area (Å²) < 4.78 is 0. The monoisotopic (exact) mass is 403 g/mol. The van der Waals surface area contributed by atoms with Crippen LogP contribution in [0.3, 0.4) is 0 Å². The van der Waals surface area contributed by atoms with Crippen LogP contribution in [0, 0.1) is 0 Å². The predicted octanol–water partition coefficient (Wildman–Crippen LogP) is 6.31. The molecule has 4 aromatic heterocycles. The minimum Gasteiger partial charge on any atom is -0.352 e. The lowest BCUT2D eigenvalue weighted by Gasteiger charge is -2.03. The van der Waals surface area contributed by atoms with E-state index in [-0.39, 0.29) is 0 Å². The van der Waals surface area contributed by atoms with Crippen molar-refractivity contribution in [2.24, 2.45) is 0 Å². The first-order chi connectivity index (χ1) is 15.3. The molecule has 0 aliphatic rings. The fraction of sp³-hybridized carbons (Fsp3) is 0.0385. The third-order valence-corrected chi connectivity index (χ3v) is 5.41. The molecule has 0 spiro atoms. The summed E-state index contributed by atoms with van der Waals surface area (Å²) in [5.41, 5.74) is 8.21. The lowest BCUT2D eigenvalue weighted by molar-refractivity contribution is 1.12. The van der Waals surface area contributed by atoms with Gasteiger partial charge < -0.3 is 4.98 Å². The number of aromatic amines is 2. The van der Waals surface area contributed by atoms with Gasteiger partial charge in [0.25, 0.3) is 0 Å². The van der Waals surface area contributed by atoms with E-state index < -0.39 is 0 Å². The first kappa shape index (κ1) is 18.8. The highest BCUT2D eigenvalue weighted by Gasteiger charge is 2.14. The molecule has 0 radical (unpaired) electrons. The maximum atomic E-state index is 4.61. The fourth-order valence-corrected chi connectivity index (χ4v) is 3.87. The predicted molar refractivity (Wildman–Crippen MR) is 127 cm³/mol. The van der Waals surface area contributed by atoms with E-state index in [0.29, 0.717) is 0 Å². The van der Waals surface area contributed by atoms with Crippen molar-refractivity contribution in [1.29, 1.82) is 0 Å². The first-order valence-corrected chi connectivity index (χ1v) is 10.1. The lowest BCUT2D eigenvalue weighted by atomic mass is 10.0. The van der Waals surface area contributed by atoms with E-state index in [2.05, 4.69) is 68.1 Å². The molecule has 150 valence electrons. The van der Waals surface area contributed by atoms with Crippen LogP contribution in [0.5, 0.6) is 0 Å². The van der Waals surface area contributed by atoms with E-state index in [4.69, 9.17) is 0 Å².